The summed E-state index contributed by atoms with van der Waals surface area (Å²) < 4.78 is 4.08. The van der Waals surface area contributed by atoms with Gasteiger partial charge in [0.05, 0.1) is 18.4 Å². The zero-order chi connectivity index (χ0) is 13.8. The van der Waals surface area contributed by atoms with Crippen molar-refractivity contribution in [1.82, 2.24) is 19.6 Å². The van der Waals surface area contributed by atoms with Crippen LogP contribution in [0.1, 0.15) is 51.9 Å². The number of rotatable bonds is 6. The van der Waals surface area contributed by atoms with Crippen LogP contribution in [0.2, 0.25) is 0 Å². The molecule has 1 unspecified atom stereocenters. The highest BCUT2D eigenvalue weighted by Gasteiger charge is 2.10. The second kappa shape index (κ2) is 5.91. The Balaban J connectivity index is 2.07. The van der Waals surface area contributed by atoms with E-state index in [9.17, 15) is 0 Å². The molecule has 0 aliphatic carbocycles. The van der Waals surface area contributed by atoms with Crippen LogP contribution in [0.4, 0.5) is 5.82 Å². The van der Waals surface area contributed by atoms with Crippen molar-refractivity contribution in [3.63, 3.8) is 0 Å². The lowest BCUT2D eigenvalue weighted by Crippen LogP contribution is -2.14. The van der Waals surface area contributed by atoms with Gasteiger partial charge in [-0.2, -0.15) is 10.2 Å². The molecule has 0 fully saturated rings. The highest BCUT2D eigenvalue weighted by molar-refractivity contribution is 5.34. The SMILES string of the molecule is CCC(C)n1nccc1CNc1ccnn1C(C)C. The highest BCUT2D eigenvalue weighted by atomic mass is 15.3. The molecular formula is C14H23N5. The van der Waals surface area contributed by atoms with Crippen molar-refractivity contribution in [1.29, 1.82) is 0 Å². The first-order valence-corrected chi connectivity index (χ1v) is 6.93. The van der Waals surface area contributed by atoms with Gasteiger partial charge in [0, 0.05) is 24.3 Å². The molecule has 1 N–H and O–H groups in total. The minimum atomic E-state index is 0.358. The van der Waals surface area contributed by atoms with E-state index in [2.05, 4.69) is 54.0 Å². The van der Waals surface area contributed by atoms with Crippen molar-refractivity contribution in [2.75, 3.05) is 5.32 Å². The number of hydrogen-bond donors (Lipinski definition) is 1. The van der Waals surface area contributed by atoms with E-state index in [1.165, 1.54) is 5.69 Å². The second-order valence-electron chi connectivity index (χ2n) is 5.13. The topological polar surface area (TPSA) is 47.7 Å². The molecule has 0 bridgehead atoms. The Bertz CT molecular complexity index is 511. The fraction of sp³-hybridized carbons (Fsp3) is 0.571. The summed E-state index contributed by atoms with van der Waals surface area (Å²) in [5.74, 6) is 1.05. The van der Waals surface area contributed by atoms with Gasteiger partial charge < -0.3 is 5.32 Å². The largest absolute Gasteiger partial charge is 0.365 e. The van der Waals surface area contributed by atoms with Crippen LogP contribution in [-0.4, -0.2) is 19.6 Å². The Labute approximate surface area is 114 Å². The van der Waals surface area contributed by atoms with Crippen molar-refractivity contribution in [3.8, 4) is 0 Å². The van der Waals surface area contributed by atoms with E-state index in [0.717, 1.165) is 18.8 Å². The van der Waals surface area contributed by atoms with Crippen molar-refractivity contribution < 1.29 is 0 Å². The molecule has 2 aromatic heterocycles. The van der Waals surface area contributed by atoms with Gasteiger partial charge in [0.15, 0.2) is 0 Å². The molecule has 2 rings (SSSR count). The Hall–Kier alpha value is -1.78. The maximum Gasteiger partial charge on any atom is 0.124 e. The molecule has 0 aromatic carbocycles. The molecule has 5 heteroatoms. The maximum atomic E-state index is 4.40. The number of hydrogen-bond acceptors (Lipinski definition) is 3. The first-order valence-electron chi connectivity index (χ1n) is 6.93. The molecule has 0 radical (unpaired) electrons. The number of aromatic nitrogens is 4. The fourth-order valence-electron chi connectivity index (χ4n) is 2.10. The minimum absolute atomic E-state index is 0.358. The third-order valence-electron chi connectivity index (χ3n) is 3.37. The summed E-state index contributed by atoms with van der Waals surface area (Å²) in [4.78, 5) is 0. The van der Waals surface area contributed by atoms with Crippen molar-refractivity contribution >= 4 is 5.82 Å². The molecule has 5 nitrogen and oxygen atoms in total. The third kappa shape index (κ3) is 2.97. The van der Waals surface area contributed by atoms with Gasteiger partial charge in [0.25, 0.3) is 0 Å². The van der Waals surface area contributed by atoms with E-state index in [1.54, 1.807) is 0 Å². The average Bonchev–Trinajstić information content (AvgIpc) is 3.03. The molecule has 104 valence electrons. The van der Waals surface area contributed by atoms with Crippen LogP contribution in [-0.2, 0) is 6.54 Å². The zero-order valence-corrected chi connectivity index (χ0v) is 12.2. The summed E-state index contributed by atoms with van der Waals surface area (Å²) in [6, 6.07) is 4.86. The van der Waals surface area contributed by atoms with E-state index in [0.29, 0.717) is 12.1 Å². The number of nitrogens with zero attached hydrogens (tertiary/aromatic N) is 4. The highest BCUT2D eigenvalue weighted by Crippen LogP contribution is 2.16. The smallest absolute Gasteiger partial charge is 0.124 e. The summed E-state index contributed by atoms with van der Waals surface area (Å²) in [7, 11) is 0. The summed E-state index contributed by atoms with van der Waals surface area (Å²) in [5, 5.41) is 12.2. The molecule has 0 saturated carbocycles. The van der Waals surface area contributed by atoms with Gasteiger partial charge in [0.1, 0.15) is 5.82 Å². The molecule has 0 aliphatic heterocycles. The number of anilines is 1. The van der Waals surface area contributed by atoms with E-state index >= 15 is 0 Å². The van der Waals surface area contributed by atoms with E-state index < -0.39 is 0 Å². The van der Waals surface area contributed by atoms with Gasteiger partial charge in [-0.1, -0.05) is 6.92 Å². The van der Waals surface area contributed by atoms with Crippen molar-refractivity contribution in [2.24, 2.45) is 0 Å². The van der Waals surface area contributed by atoms with Crippen molar-refractivity contribution in [2.45, 2.75) is 52.7 Å². The van der Waals surface area contributed by atoms with E-state index in [-0.39, 0.29) is 0 Å². The van der Waals surface area contributed by atoms with Gasteiger partial charge in [-0.05, 0) is 33.3 Å². The Kier molecular flexibility index (Phi) is 4.24. The van der Waals surface area contributed by atoms with Gasteiger partial charge in [0.2, 0.25) is 0 Å². The molecule has 2 heterocycles. The average molecular weight is 261 g/mol. The summed E-state index contributed by atoms with van der Waals surface area (Å²) in [6.07, 6.45) is 4.77. The molecule has 0 saturated heterocycles. The number of nitrogens with one attached hydrogen (secondary N) is 1. The lowest BCUT2D eigenvalue weighted by Gasteiger charge is -2.16. The maximum absolute atomic E-state index is 4.40. The predicted octanol–water partition coefficient (Wildman–Crippen LogP) is 3.24. The Morgan fingerprint density at radius 3 is 2.47 bits per heavy atom. The zero-order valence-electron chi connectivity index (χ0n) is 12.2. The second-order valence-corrected chi connectivity index (χ2v) is 5.13. The molecule has 2 aromatic rings. The molecule has 0 aliphatic rings. The molecule has 0 amide bonds. The van der Waals surface area contributed by atoms with Crippen LogP contribution in [0.25, 0.3) is 0 Å². The first-order chi connectivity index (χ1) is 9.13. The van der Waals surface area contributed by atoms with Gasteiger partial charge in [-0.25, -0.2) is 4.68 Å². The van der Waals surface area contributed by atoms with Crippen molar-refractivity contribution in [3.05, 3.63) is 30.2 Å². The first kappa shape index (κ1) is 13.6. The molecule has 19 heavy (non-hydrogen) atoms. The standard InChI is InChI=1S/C14H23N5/c1-5-12(4)19-13(6-8-17-19)10-15-14-7-9-16-18(14)11(2)3/h6-9,11-12,15H,5,10H2,1-4H3. The molecule has 0 spiro atoms. The fourth-order valence-corrected chi connectivity index (χ4v) is 2.10. The monoisotopic (exact) mass is 261 g/mol. The quantitative estimate of drug-likeness (QED) is 0.868. The van der Waals surface area contributed by atoms with E-state index in [1.807, 2.05) is 23.1 Å². The summed E-state index contributed by atoms with van der Waals surface area (Å²) >= 11 is 0. The lowest BCUT2D eigenvalue weighted by atomic mass is 10.2. The van der Waals surface area contributed by atoms with Crippen LogP contribution in [0.3, 0.4) is 0 Å². The Morgan fingerprint density at radius 2 is 1.79 bits per heavy atom. The lowest BCUT2D eigenvalue weighted by molar-refractivity contribution is 0.462. The predicted molar refractivity (Wildman–Crippen MR) is 77.2 cm³/mol. The molecule has 1 atom stereocenters. The minimum Gasteiger partial charge on any atom is -0.365 e. The summed E-state index contributed by atoms with van der Waals surface area (Å²) in [5.41, 5.74) is 1.20. The van der Waals surface area contributed by atoms with E-state index in [4.69, 9.17) is 0 Å². The van der Waals surface area contributed by atoms with Crippen LogP contribution in [0.5, 0.6) is 0 Å². The van der Waals surface area contributed by atoms with Gasteiger partial charge in [-0.3, -0.25) is 4.68 Å². The molecular weight excluding hydrogens is 238 g/mol. The van der Waals surface area contributed by atoms with Gasteiger partial charge in [-0.15, -0.1) is 0 Å². The van der Waals surface area contributed by atoms with Crippen LogP contribution in [0, 0.1) is 0 Å². The normalized spacial score (nSPS) is 12.9. The van der Waals surface area contributed by atoms with Gasteiger partial charge >= 0.3 is 0 Å². The van der Waals surface area contributed by atoms with Crippen LogP contribution < -0.4 is 5.32 Å². The van der Waals surface area contributed by atoms with Crippen LogP contribution >= 0.6 is 0 Å². The third-order valence-corrected chi connectivity index (χ3v) is 3.37. The summed E-state index contributed by atoms with van der Waals surface area (Å²) in [6.45, 7) is 9.39. The Morgan fingerprint density at radius 1 is 1.11 bits per heavy atom. The van der Waals surface area contributed by atoms with Crippen LogP contribution in [0.15, 0.2) is 24.5 Å².